The minimum Gasteiger partial charge on any atom is -0.507 e. The monoisotopic (exact) mass is 433 g/mol. The molecule has 0 aromatic heterocycles. The number of hydrogen-bond acceptors (Lipinski definition) is 5. The summed E-state index contributed by atoms with van der Waals surface area (Å²) < 4.78 is 32.0. The van der Waals surface area contributed by atoms with Crippen LogP contribution >= 0.6 is 0 Å². The van der Waals surface area contributed by atoms with Crippen LogP contribution < -0.4 is 5.73 Å². The number of benzene rings is 2. The van der Waals surface area contributed by atoms with Crippen molar-refractivity contribution in [2.75, 3.05) is 0 Å². The standard InChI is InChI=1S/C23H31NO5S/c1-22(2,3)17-12-16(13-18(24)25)21(19(20(17)26)23(4,5)6)30(27,28)29-14-15-10-8-7-9-11-15/h7-12,26H,13-14H2,1-6H3,(H2,24,25). The Morgan fingerprint density at radius 2 is 1.60 bits per heavy atom. The van der Waals surface area contributed by atoms with Gasteiger partial charge in [0.25, 0.3) is 10.1 Å². The summed E-state index contributed by atoms with van der Waals surface area (Å²) in [4.78, 5) is 11.6. The summed E-state index contributed by atoms with van der Waals surface area (Å²) in [6.45, 7) is 11.0. The molecule has 0 saturated heterocycles. The first-order valence-corrected chi connectivity index (χ1v) is 11.2. The fraction of sp³-hybridized carbons (Fsp3) is 0.435. The van der Waals surface area contributed by atoms with E-state index in [-0.39, 0.29) is 34.8 Å². The van der Waals surface area contributed by atoms with Crippen LogP contribution in [-0.2, 0) is 43.0 Å². The van der Waals surface area contributed by atoms with Crippen molar-refractivity contribution < 1.29 is 22.5 Å². The van der Waals surface area contributed by atoms with Gasteiger partial charge in [-0.1, -0.05) is 71.9 Å². The number of aromatic hydroxyl groups is 1. The summed E-state index contributed by atoms with van der Waals surface area (Å²) in [6, 6.07) is 10.5. The van der Waals surface area contributed by atoms with Gasteiger partial charge in [0.15, 0.2) is 0 Å². The lowest BCUT2D eigenvalue weighted by molar-refractivity contribution is -0.117. The zero-order valence-electron chi connectivity index (χ0n) is 18.4. The molecule has 6 nitrogen and oxygen atoms in total. The topological polar surface area (TPSA) is 107 Å². The molecule has 2 aromatic carbocycles. The van der Waals surface area contributed by atoms with Crippen molar-refractivity contribution in [1.82, 2.24) is 0 Å². The Bertz CT molecular complexity index is 1030. The fourth-order valence-corrected chi connectivity index (χ4v) is 4.88. The molecular weight excluding hydrogens is 402 g/mol. The predicted molar refractivity (Wildman–Crippen MR) is 117 cm³/mol. The van der Waals surface area contributed by atoms with Crippen molar-refractivity contribution in [3.63, 3.8) is 0 Å². The number of phenols is 1. The second-order valence-corrected chi connectivity index (χ2v) is 11.0. The van der Waals surface area contributed by atoms with Crippen molar-refractivity contribution in [3.05, 3.63) is 58.7 Å². The van der Waals surface area contributed by atoms with E-state index < -0.39 is 26.9 Å². The Morgan fingerprint density at radius 1 is 1.03 bits per heavy atom. The Hall–Kier alpha value is -2.38. The number of nitrogens with two attached hydrogens (primary N) is 1. The molecule has 1 amide bonds. The molecule has 0 unspecified atom stereocenters. The van der Waals surface area contributed by atoms with E-state index in [0.29, 0.717) is 11.1 Å². The van der Waals surface area contributed by atoms with Gasteiger partial charge in [-0.05, 0) is 33.6 Å². The van der Waals surface area contributed by atoms with Crippen molar-refractivity contribution in [2.45, 2.75) is 70.3 Å². The number of carbonyl (C=O) groups is 1. The average Bonchev–Trinajstić information content (AvgIpc) is 2.59. The number of carbonyl (C=O) groups excluding carboxylic acids is 1. The highest BCUT2D eigenvalue weighted by molar-refractivity contribution is 7.86. The first-order chi connectivity index (χ1) is 13.6. The molecule has 3 N–H and O–H groups in total. The number of phenolic OH excluding ortho intramolecular Hbond substituents is 1. The highest BCUT2D eigenvalue weighted by Gasteiger charge is 2.36. The van der Waals surface area contributed by atoms with Crippen LogP contribution in [0.1, 0.15) is 63.8 Å². The molecule has 0 saturated carbocycles. The molecule has 0 radical (unpaired) electrons. The average molecular weight is 434 g/mol. The second kappa shape index (κ2) is 8.40. The summed E-state index contributed by atoms with van der Waals surface area (Å²) >= 11 is 0. The summed E-state index contributed by atoms with van der Waals surface area (Å²) in [6.07, 6.45) is -0.282. The lowest BCUT2D eigenvalue weighted by Crippen LogP contribution is -2.25. The minimum absolute atomic E-state index is 0.106. The van der Waals surface area contributed by atoms with Gasteiger partial charge in [0.05, 0.1) is 13.0 Å². The molecular formula is C23H31NO5S. The third-order valence-corrected chi connectivity index (χ3v) is 6.12. The van der Waals surface area contributed by atoms with Crippen molar-refractivity contribution >= 4 is 16.0 Å². The Morgan fingerprint density at radius 3 is 2.07 bits per heavy atom. The highest BCUT2D eigenvalue weighted by atomic mass is 32.2. The molecule has 7 heteroatoms. The van der Waals surface area contributed by atoms with E-state index in [4.69, 9.17) is 9.92 Å². The maximum atomic E-state index is 13.3. The van der Waals surface area contributed by atoms with Crippen molar-refractivity contribution in [2.24, 2.45) is 5.73 Å². The third-order valence-electron chi connectivity index (χ3n) is 4.73. The second-order valence-electron chi connectivity index (χ2n) is 9.48. The smallest absolute Gasteiger partial charge is 0.298 e. The largest absolute Gasteiger partial charge is 0.507 e. The van der Waals surface area contributed by atoms with Gasteiger partial charge in [-0.15, -0.1) is 0 Å². The quantitative estimate of drug-likeness (QED) is 0.672. The first-order valence-electron chi connectivity index (χ1n) is 9.76. The van der Waals surface area contributed by atoms with Gasteiger partial charge in [0.2, 0.25) is 5.91 Å². The molecule has 2 rings (SSSR count). The number of hydrogen-bond donors (Lipinski definition) is 2. The molecule has 2 aromatic rings. The summed E-state index contributed by atoms with van der Waals surface area (Å²) in [5.74, 6) is -0.773. The van der Waals surface area contributed by atoms with Crippen LogP contribution in [0.25, 0.3) is 0 Å². The van der Waals surface area contributed by atoms with Crippen LogP contribution in [0.2, 0.25) is 0 Å². The normalized spacial score (nSPS) is 12.7. The van der Waals surface area contributed by atoms with Crippen LogP contribution in [0.4, 0.5) is 0 Å². The van der Waals surface area contributed by atoms with Gasteiger partial charge in [-0.2, -0.15) is 8.42 Å². The highest BCUT2D eigenvalue weighted by Crippen LogP contribution is 2.44. The van der Waals surface area contributed by atoms with E-state index >= 15 is 0 Å². The lowest BCUT2D eigenvalue weighted by atomic mass is 9.78. The molecule has 0 heterocycles. The van der Waals surface area contributed by atoms with Crippen LogP contribution in [-0.4, -0.2) is 19.4 Å². The summed E-state index contributed by atoms with van der Waals surface area (Å²) in [5.41, 5.74) is 5.88. The Labute approximate surface area is 179 Å². The SMILES string of the molecule is CC(C)(C)c1cc(CC(N)=O)c(S(=O)(=O)OCc2ccccc2)c(C(C)(C)C)c1O. The molecule has 0 aliphatic carbocycles. The minimum atomic E-state index is -4.30. The molecule has 30 heavy (non-hydrogen) atoms. The van der Waals surface area contributed by atoms with E-state index in [0.717, 1.165) is 0 Å². The Balaban J connectivity index is 2.77. The van der Waals surface area contributed by atoms with Crippen LogP contribution in [0, 0.1) is 0 Å². The van der Waals surface area contributed by atoms with E-state index in [1.807, 2.05) is 26.8 Å². The van der Waals surface area contributed by atoms with E-state index in [1.54, 1.807) is 51.1 Å². The van der Waals surface area contributed by atoms with Gasteiger partial charge in [-0.3, -0.25) is 8.98 Å². The maximum absolute atomic E-state index is 13.3. The summed E-state index contributed by atoms with van der Waals surface area (Å²) in [7, 11) is -4.30. The molecule has 0 aliphatic rings. The van der Waals surface area contributed by atoms with E-state index in [9.17, 15) is 18.3 Å². The number of primary amides is 1. The van der Waals surface area contributed by atoms with Gasteiger partial charge in [-0.25, -0.2) is 0 Å². The van der Waals surface area contributed by atoms with E-state index in [1.165, 1.54) is 0 Å². The summed E-state index contributed by atoms with van der Waals surface area (Å²) in [5, 5.41) is 11.1. The van der Waals surface area contributed by atoms with Gasteiger partial charge < -0.3 is 10.8 Å². The molecule has 0 fully saturated rings. The van der Waals surface area contributed by atoms with Crippen LogP contribution in [0.3, 0.4) is 0 Å². The lowest BCUT2D eigenvalue weighted by Gasteiger charge is -2.30. The van der Waals surface area contributed by atoms with Crippen LogP contribution in [0.15, 0.2) is 41.3 Å². The van der Waals surface area contributed by atoms with Gasteiger partial charge >= 0.3 is 0 Å². The third kappa shape index (κ3) is 5.40. The number of amides is 1. The maximum Gasteiger partial charge on any atom is 0.298 e. The van der Waals surface area contributed by atoms with Crippen LogP contribution in [0.5, 0.6) is 5.75 Å². The van der Waals surface area contributed by atoms with Gasteiger partial charge in [0, 0.05) is 5.56 Å². The Kier molecular flexibility index (Phi) is 6.69. The molecule has 164 valence electrons. The number of rotatable bonds is 6. The predicted octanol–water partition coefficient (Wildman–Crippen LogP) is 3.92. The molecule has 0 bridgehead atoms. The zero-order chi connectivity index (χ0) is 22.9. The van der Waals surface area contributed by atoms with Crippen molar-refractivity contribution in [3.8, 4) is 5.75 Å². The van der Waals surface area contributed by atoms with E-state index in [2.05, 4.69) is 0 Å². The fourth-order valence-electron chi connectivity index (χ4n) is 3.36. The van der Waals surface area contributed by atoms with Gasteiger partial charge in [0.1, 0.15) is 10.6 Å². The first kappa shape index (κ1) is 23.9. The molecule has 0 spiro atoms. The molecule has 0 atom stereocenters. The zero-order valence-corrected chi connectivity index (χ0v) is 19.3. The van der Waals surface area contributed by atoms with Crippen molar-refractivity contribution in [1.29, 1.82) is 0 Å². The molecule has 0 aliphatic heterocycles.